The molecule has 0 heterocycles. The van der Waals surface area contributed by atoms with Crippen molar-refractivity contribution in [3.63, 3.8) is 0 Å². The lowest BCUT2D eigenvalue weighted by Gasteiger charge is -1.90. The minimum atomic E-state index is -4.67. The summed E-state index contributed by atoms with van der Waals surface area (Å²) in [5, 5.41) is 0. The van der Waals surface area contributed by atoms with Gasteiger partial charge >= 0.3 is 10.4 Å². The lowest BCUT2D eigenvalue weighted by Crippen LogP contribution is -2.26. The lowest BCUT2D eigenvalue weighted by molar-refractivity contribution is 0.381. The third kappa shape index (κ3) is 44.9. The van der Waals surface area contributed by atoms with Crippen LogP contribution in [0, 0.1) is 0 Å². The first-order valence-corrected chi connectivity index (χ1v) is 7.43. The van der Waals surface area contributed by atoms with Crippen LogP contribution < -0.4 is 34.4 Å². The van der Waals surface area contributed by atoms with E-state index in [0.29, 0.717) is 13.1 Å². The van der Waals surface area contributed by atoms with Gasteiger partial charge in [0, 0.05) is 0 Å². The quantitative estimate of drug-likeness (QED) is 0.105. The summed E-state index contributed by atoms with van der Waals surface area (Å²) >= 11 is 0. The zero-order chi connectivity index (χ0) is 20.5. The van der Waals surface area contributed by atoms with Crippen molar-refractivity contribution in [2.75, 3.05) is 13.1 Å². The molecule has 15 heteroatoms. The Morgan fingerprint density at radius 3 is 1.20 bits per heavy atom. The van der Waals surface area contributed by atoms with Crippen molar-refractivity contribution in [1.82, 2.24) is 0 Å². The van der Waals surface area contributed by atoms with Gasteiger partial charge in [0.05, 0.1) is 13.1 Å². The van der Waals surface area contributed by atoms with E-state index >= 15 is 0 Å². The Morgan fingerprint density at radius 1 is 0.800 bits per heavy atom. The van der Waals surface area contributed by atoms with Gasteiger partial charge in [0.2, 0.25) is 11.9 Å². The van der Waals surface area contributed by atoms with Crippen LogP contribution in [0.25, 0.3) is 0 Å². The van der Waals surface area contributed by atoms with Crippen molar-refractivity contribution in [2.45, 2.75) is 0 Å². The van der Waals surface area contributed by atoms with Crippen molar-refractivity contribution in [3.05, 3.63) is 25.3 Å². The van der Waals surface area contributed by atoms with Crippen LogP contribution in [0.5, 0.6) is 0 Å². The highest BCUT2D eigenvalue weighted by Gasteiger charge is 1.85. The second kappa shape index (κ2) is 15.7. The fraction of sp³-hybridized carbons (Fsp3) is 0.200. The lowest BCUT2D eigenvalue weighted by atomic mass is 10.6. The molecule has 0 aliphatic rings. The highest BCUT2D eigenvalue weighted by molar-refractivity contribution is 7.79. The number of guanidine groups is 4. The van der Waals surface area contributed by atoms with Crippen molar-refractivity contribution in [1.29, 1.82) is 0 Å². The Kier molecular flexibility index (Phi) is 16.8. The Bertz CT molecular complexity index is 568. The first kappa shape index (κ1) is 26.7. The molecule has 0 aliphatic carbocycles. The average molecular weight is 380 g/mol. The molecule has 14 N–H and O–H groups in total. The molecule has 0 unspecified atom stereocenters. The fourth-order valence-corrected chi connectivity index (χ4v) is 0.651. The van der Waals surface area contributed by atoms with E-state index in [2.05, 4.69) is 33.1 Å². The maximum Gasteiger partial charge on any atom is 0.394 e. The highest BCUT2D eigenvalue weighted by atomic mass is 32.3. The van der Waals surface area contributed by atoms with Gasteiger partial charge in [-0.25, -0.2) is 9.98 Å². The van der Waals surface area contributed by atoms with Crippen LogP contribution in [-0.2, 0) is 10.4 Å². The topological polar surface area (TPSA) is 280 Å². The van der Waals surface area contributed by atoms with Crippen molar-refractivity contribution < 1.29 is 17.5 Å². The smallest absolute Gasteiger partial charge is 0.370 e. The minimum absolute atomic E-state index is 0.0694. The van der Waals surface area contributed by atoms with E-state index in [1.807, 2.05) is 0 Å². The van der Waals surface area contributed by atoms with Gasteiger partial charge in [-0.1, -0.05) is 12.2 Å². The Morgan fingerprint density at radius 2 is 1.04 bits per heavy atom. The van der Waals surface area contributed by atoms with Crippen molar-refractivity contribution in [2.24, 2.45) is 54.4 Å². The summed E-state index contributed by atoms with van der Waals surface area (Å²) in [6.45, 7) is 7.71. The monoisotopic (exact) mass is 380 g/mol. The average Bonchev–Trinajstić information content (AvgIpc) is 2.40. The van der Waals surface area contributed by atoms with E-state index in [9.17, 15) is 0 Å². The first-order valence-electron chi connectivity index (χ1n) is 6.04. The predicted octanol–water partition coefficient (Wildman–Crippen LogP) is -3.13. The molecular weight excluding hydrogens is 356 g/mol. The van der Waals surface area contributed by atoms with Gasteiger partial charge in [-0.15, -0.1) is 13.2 Å². The molecule has 0 aromatic carbocycles. The Hall–Kier alpha value is -3.17. The van der Waals surface area contributed by atoms with Gasteiger partial charge in [-0.05, 0) is 0 Å². The van der Waals surface area contributed by atoms with Crippen LogP contribution in [-0.4, -0.2) is 54.5 Å². The molecule has 0 rings (SSSR count). The van der Waals surface area contributed by atoms with Gasteiger partial charge in [0.15, 0.2) is 11.9 Å². The Labute approximate surface area is 145 Å². The molecule has 0 aliphatic heterocycles. The summed E-state index contributed by atoms with van der Waals surface area (Å²) in [6.07, 6.45) is 3.18. The number of nitrogens with zero attached hydrogens (tertiary/aromatic N) is 4. The third-order valence-electron chi connectivity index (χ3n) is 1.25. The first-order chi connectivity index (χ1) is 11.3. The molecule has 0 radical (unpaired) electrons. The molecule has 0 spiro atoms. The summed E-state index contributed by atoms with van der Waals surface area (Å²) in [4.78, 5) is 14.4. The third-order valence-corrected chi connectivity index (χ3v) is 1.25. The largest absolute Gasteiger partial charge is 0.394 e. The molecule has 0 saturated carbocycles. The molecule has 0 bridgehead atoms. The number of hydrogen-bond acceptors (Lipinski definition) is 4. The zero-order valence-corrected chi connectivity index (χ0v) is 14.2. The summed E-state index contributed by atoms with van der Waals surface area (Å²) in [6, 6.07) is 0. The number of aliphatic imine (C=N–C) groups is 4. The number of rotatable bonds is 4. The van der Waals surface area contributed by atoms with E-state index < -0.39 is 10.4 Å². The zero-order valence-electron chi connectivity index (χ0n) is 13.4. The summed E-state index contributed by atoms with van der Waals surface area (Å²) in [7, 11) is -4.67. The SMILES string of the molecule is C=CCN=C(N)N=C(N)N.C=CCN=C(N)N=C(N)N.O=S(=O)(O)O. The van der Waals surface area contributed by atoms with Crippen LogP contribution in [0.3, 0.4) is 0 Å². The molecule has 0 aromatic heterocycles. The summed E-state index contributed by atoms with van der Waals surface area (Å²) in [5.74, 6) is -0.0459. The minimum Gasteiger partial charge on any atom is -0.370 e. The van der Waals surface area contributed by atoms with Crippen LogP contribution in [0.1, 0.15) is 0 Å². The second-order valence-corrected chi connectivity index (χ2v) is 4.39. The normalized spacial score (nSPS) is 10.8. The molecule has 0 saturated heterocycles. The highest BCUT2D eigenvalue weighted by Crippen LogP contribution is 1.74. The van der Waals surface area contributed by atoms with Gasteiger partial charge in [-0.3, -0.25) is 9.11 Å². The van der Waals surface area contributed by atoms with E-state index in [-0.39, 0.29) is 23.8 Å². The predicted molar refractivity (Wildman–Crippen MR) is 99.2 cm³/mol. The van der Waals surface area contributed by atoms with Crippen molar-refractivity contribution >= 4 is 34.2 Å². The van der Waals surface area contributed by atoms with Crippen LogP contribution >= 0.6 is 0 Å². The molecule has 0 amide bonds. The molecule has 0 atom stereocenters. The van der Waals surface area contributed by atoms with Gasteiger partial charge in [-0.2, -0.15) is 18.4 Å². The van der Waals surface area contributed by atoms with Gasteiger partial charge in [0.25, 0.3) is 0 Å². The standard InChI is InChI=1S/2C5H11N5.H2O4S/c2*1-2-3-9-5(8)10-4(6)7;1-5(2,3)4/h2*2H,1,3H2,(H6,6,7,8,9,10);(H2,1,2,3,4). The van der Waals surface area contributed by atoms with Gasteiger partial charge in [0.1, 0.15) is 0 Å². The molecule has 0 aromatic rings. The van der Waals surface area contributed by atoms with Crippen LogP contribution in [0.2, 0.25) is 0 Å². The maximum absolute atomic E-state index is 8.74. The van der Waals surface area contributed by atoms with Crippen LogP contribution in [0.4, 0.5) is 0 Å². The molecule has 0 fully saturated rings. The van der Waals surface area contributed by atoms with E-state index in [1.165, 1.54) is 0 Å². The molecule has 25 heavy (non-hydrogen) atoms. The number of hydrogen-bond donors (Lipinski definition) is 8. The fourth-order valence-electron chi connectivity index (χ4n) is 0.651. The van der Waals surface area contributed by atoms with E-state index in [4.69, 9.17) is 51.9 Å². The Balaban J connectivity index is -0.000000308. The molecule has 144 valence electrons. The van der Waals surface area contributed by atoms with E-state index in [1.54, 1.807) is 12.2 Å². The molecular formula is C10H24N10O4S. The number of nitrogens with two attached hydrogens (primary N) is 6. The maximum atomic E-state index is 8.74. The van der Waals surface area contributed by atoms with Crippen molar-refractivity contribution in [3.8, 4) is 0 Å². The van der Waals surface area contributed by atoms with E-state index in [0.717, 1.165) is 0 Å². The van der Waals surface area contributed by atoms with Gasteiger partial charge < -0.3 is 34.4 Å². The second-order valence-electron chi connectivity index (χ2n) is 3.50. The summed E-state index contributed by atoms with van der Waals surface area (Å²) < 4.78 is 31.6. The molecule has 14 nitrogen and oxygen atoms in total. The van der Waals surface area contributed by atoms with Crippen LogP contribution in [0.15, 0.2) is 45.3 Å². The summed E-state index contributed by atoms with van der Waals surface area (Å²) in [5.41, 5.74) is 30.5.